The van der Waals surface area contributed by atoms with Crippen molar-refractivity contribution in [3.8, 4) is 23.1 Å². The molecule has 2 aromatic carbocycles. The topological polar surface area (TPSA) is 141 Å². The average Bonchev–Trinajstić information content (AvgIpc) is 3.12. The first kappa shape index (κ1) is 35.6. The maximum Gasteiger partial charge on any atom is 0.345 e. The quantitative estimate of drug-likeness (QED) is 0.153. The lowest BCUT2D eigenvalue weighted by Crippen LogP contribution is -2.69. The van der Waals surface area contributed by atoms with Crippen LogP contribution >= 0.6 is 0 Å². The van der Waals surface area contributed by atoms with Crippen LogP contribution in [0, 0.1) is 48.3 Å². The number of esters is 1. The van der Waals surface area contributed by atoms with E-state index >= 15 is 0 Å². The van der Waals surface area contributed by atoms with Crippen LogP contribution in [-0.2, 0) is 14.2 Å². The van der Waals surface area contributed by atoms with Crippen molar-refractivity contribution in [3.63, 3.8) is 0 Å². The van der Waals surface area contributed by atoms with Crippen molar-refractivity contribution in [2.45, 2.75) is 84.1 Å². The van der Waals surface area contributed by atoms with Gasteiger partial charge in [0.1, 0.15) is 28.8 Å². The van der Waals surface area contributed by atoms with Crippen LogP contribution in [0.4, 0.5) is 0 Å². The second-order valence-corrected chi connectivity index (χ2v) is 15.1. The van der Waals surface area contributed by atoms with E-state index in [-0.39, 0.29) is 40.6 Å². The molecule has 2 aliphatic carbocycles. The highest BCUT2D eigenvalue weighted by molar-refractivity contribution is 5.89. The van der Waals surface area contributed by atoms with Gasteiger partial charge in [0.2, 0.25) is 0 Å². The van der Waals surface area contributed by atoms with Crippen LogP contribution in [0.5, 0.6) is 5.75 Å². The third-order valence-corrected chi connectivity index (χ3v) is 12.0. The number of aromatic nitrogens is 1. The van der Waals surface area contributed by atoms with Crippen molar-refractivity contribution >= 4 is 5.97 Å². The number of fused-ring (bicyclic) bond motifs is 4. The summed E-state index contributed by atoms with van der Waals surface area (Å²) in [6.45, 7) is 10.3. The van der Waals surface area contributed by atoms with Gasteiger partial charge in [0.15, 0.2) is 6.29 Å². The summed E-state index contributed by atoms with van der Waals surface area (Å²) in [6, 6.07) is 19.7. The molecule has 2 aromatic heterocycles. The number of aryl methyl sites for hydroxylation is 2. The molecule has 7 rings (SSSR count). The molecule has 0 bridgehead atoms. The van der Waals surface area contributed by atoms with Crippen molar-refractivity contribution in [3.05, 3.63) is 117 Å². The van der Waals surface area contributed by atoms with Gasteiger partial charge in [0, 0.05) is 42.6 Å². The van der Waals surface area contributed by atoms with Gasteiger partial charge in [-0.25, -0.2) is 9.59 Å². The van der Waals surface area contributed by atoms with Crippen LogP contribution in [-0.4, -0.2) is 41.0 Å². The maximum atomic E-state index is 13.8. The molecule has 9 unspecified atom stereocenters. The number of benzene rings is 2. The largest absolute Gasteiger partial charge is 0.482 e. The highest BCUT2D eigenvalue weighted by atomic mass is 16.7. The maximum absolute atomic E-state index is 13.8. The summed E-state index contributed by atoms with van der Waals surface area (Å²) in [7, 11) is 1.64. The van der Waals surface area contributed by atoms with Gasteiger partial charge in [-0.15, -0.1) is 0 Å². The van der Waals surface area contributed by atoms with E-state index in [1.54, 1.807) is 62.0 Å². The second kappa shape index (κ2) is 13.6. The summed E-state index contributed by atoms with van der Waals surface area (Å²) in [5.74, 6) is -0.958. The zero-order valence-electron chi connectivity index (χ0n) is 30.3. The number of ether oxygens (including phenoxy) is 4. The number of nitrogens with zero attached hydrogens (tertiary/aromatic N) is 2. The summed E-state index contributed by atoms with van der Waals surface area (Å²) in [5.41, 5.74) is 2.06. The van der Waals surface area contributed by atoms with E-state index in [0.717, 1.165) is 16.7 Å². The Morgan fingerprint density at radius 3 is 2.56 bits per heavy atom. The number of hydrogen-bond acceptors (Lipinski definition) is 10. The Morgan fingerprint density at radius 1 is 1.12 bits per heavy atom. The standard InChI is InChI=1S/C42H44N2O8/c1-23-9-14-29(24(2)18-23)40(48-6)50-31-15-16-41(4)30(25(31)3)19-34(51-38(46)27-12-10-26(21-43)11-13-27)42(5)37(41)36(45)35-33(52-42)20-32(49-39(35)47)28-8-7-17-44-22-28/h7-14,17-18,20,22,25,30-31,34,36-37,40,45H,15-16,19H2,1-6H3. The average molecular weight is 705 g/mol. The van der Waals surface area contributed by atoms with Gasteiger partial charge in [-0.3, -0.25) is 4.98 Å². The van der Waals surface area contributed by atoms with E-state index < -0.39 is 47.0 Å². The van der Waals surface area contributed by atoms with E-state index in [1.165, 1.54) is 0 Å². The molecule has 9 atom stereocenters. The van der Waals surface area contributed by atoms with E-state index in [9.17, 15) is 20.0 Å². The van der Waals surface area contributed by atoms with Gasteiger partial charge in [0.05, 0.1) is 29.4 Å². The monoisotopic (exact) mass is 704 g/mol. The summed E-state index contributed by atoms with van der Waals surface area (Å²) < 4.78 is 31.6. The molecule has 1 aliphatic heterocycles. The first-order chi connectivity index (χ1) is 24.9. The van der Waals surface area contributed by atoms with Crippen molar-refractivity contribution in [2.24, 2.45) is 23.2 Å². The molecule has 0 radical (unpaired) electrons. The second-order valence-electron chi connectivity index (χ2n) is 15.1. The molecule has 1 N–H and O–H groups in total. The van der Waals surface area contributed by atoms with E-state index in [0.29, 0.717) is 30.4 Å². The summed E-state index contributed by atoms with van der Waals surface area (Å²) in [4.78, 5) is 31.6. The third kappa shape index (κ3) is 6.01. The molecule has 3 aliphatic rings. The molecule has 10 nitrogen and oxygen atoms in total. The Labute approximate surface area is 303 Å². The number of aliphatic hydroxyl groups is 1. The van der Waals surface area contributed by atoms with Gasteiger partial charge in [-0.2, -0.15) is 5.26 Å². The molecule has 2 fully saturated rings. The molecule has 4 aromatic rings. The van der Waals surface area contributed by atoms with Crippen LogP contribution in [0.3, 0.4) is 0 Å². The predicted octanol–water partition coefficient (Wildman–Crippen LogP) is 7.40. The van der Waals surface area contributed by atoms with Crippen LogP contribution in [0.1, 0.15) is 90.6 Å². The molecule has 0 saturated heterocycles. The summed E-state index contributed by atoms with van der Waals surface area (Å²) in [6.07, 6.45) is 2.08. The zero-order chi connectivity index (χ0) is 36.9. The smallest absolute Gasteiger partial charge is 0.345 e. The van der Waals surface area contributed by atoms with Crippen LogP contribution in [0.15, 0.2) is 82.3 Å². The number of aliphatic hydroxyl groups excluding tert-OH is 1. The number of carbonyl (C=O) groups excluding carboxylic acids is 1. The molecule has 52 heavy (non-hydrogen) atoms. The number of pyridine rings is 1. The fourth-order valence-electron chi connectivity index (χ4n) is 9.38. The van der Waals surface area contributed by atoms with Crippen molar-refractivity contribution < 1.29 is 33.3 Å². The van der Waals surface area contributed by atoms with Crippen LogP contribution in [0.2, 0.25) is 0 Å². The fraction of sp³-hybridized carbons (Fsp3) is 0.429. The molecule has 10 heteroatoms. The Morgan fingerprint density at radius 2 is 1.88 bits per heavy atom. The molecule has 0 spiro atoms. The Hall–Kier alpha value is -4.82. The van der Waals surface area contributed by atoms with Crippen molar-refractivity contribution in [1.82, 2.24) is 4.98 Å². The lowest BCUT2D eigenvalue weighted by Gasteiger charge is -2.64. The van der Waals surface area contributed by atoms with Crippen molar-refractivity contribution in [1.29, 1.82) is 5.26 Å². The van der Waals surface area contributed by atoms with E-state index in [2.05, 4.69) is 37.9 Å². The van der Waals surface area contributed by atoms with Crippen LogP contribution in [0.25, 0.3) is 11.3 Å². The first-order valence-corrected chi connectivity index (χ1v) is 17.8. The lowest BCUT2D eigenvalue weighted by molar-refractivity contribution is -0.258. The molecule has 0 amide bonds. The molecular weight excluding hydrogens is 660 g/mol. The zero-order valence-corrected chi connectivity index (χ0v) is 30.3. The summed E-state index contributed by atoms with van der Waals surface area (Å²) >= 11 is 0. The highest BCUT2D eigenvalue weighted by Gasteiger charge is 2.68. The Bertz CT molecular complexity index is 2070. The fourth-order valence-corrected chi connectivity index (χ4v) is 9.38. The molecular formula is C42H44N2O8. The number of hydrogen-bond donors (Lipinski definition) is 1. The van der Waals surface area contributed by atoms with Gasteiger partial charge < -0.3 is 28.5 Å². The molecule has 270 valence electrons. The van der Waals surface area contributed by atoms with Gasteiger partial charge in [0.25, 0.3) is 0 Å². The minimum absolute atomic E-state index is 0.0504. The lowest BCUT2D eigenvalue weighted by atomic mass is 9.46. The molecule has 2 saturated carbocycles. The van der Waals surface area contributed by atoms with E-state index in [4.69, 9.17) is 23.4 Å². The first-order valence-electron chi connectivity index (χ1n) is 17.8. The minimum atomic E-state index is -1.27. The highest BCUT2D eigenvalue weighted by Crippen LogP contribution is 2.65. The normalized spacial score (nSPS) is 29.7. The predicted molar refractivity (Wildman–Crippen MR) is 191 cm³/mol. The number of carbonyl (C=O) groups is 1. The van der Waals surface area contributed by atoms with Crippen molar-refractivity contribution in [2.75, 3.05) is 7.11 Å². The van der Waals surface area contributed by atoms with Gasteiger partial charge in [-0.1, -0.05) is 37.6 Å². The Kier molecular flexibility index (Phi) is 9.32. The SMILES string of the molecule is COC(OC1CCC2(C)C(CC(OC(=O)c3ccc(C#N)cc3)C3(C)Oc4cc(-c5cccnc5)oc(=O)c4C(O)C23)C1C)c1ccc(C)cc1C. The third-order valence-electron chi connectivity index (χ3n) is 12.0. The summed E-state index contributed by atoms with van der Waals surface area (Å²) in [5, 5.41) is 21.6. The van der Waals surface area contributed by atoms with Crippen LogP contribution < -0.4 is 10.4 Å². The minimum Gasteiger partial charge on any atom is -0.482 e. The van der Waals surface area contributed by atoms with E-state index in [1.807, 2.05) is 26.0 Å². The van der Waals surface area contributed by atoms with Gasteiger partial charge in [-0.05, 0) is 99.2 Å². The number of methoxy groups -OCH3 is 1. The number of rotatable bonds is 7. The Balaban J connectivity index is 1.27. The van der Waals surface area contributed by atoms with Gasteiger partial charge >= 0.3 is 11.6 Å². The number of nitriles is 1. The molecule has 3 heterocycles.